The predicted molar refractivity (Wildman–Crippen MR) is 69.9 cm³/mol. The molecule has 1 N–H and O–H groups in total. The summed E-state index contributed by atoms with van der Waals surface area (Å²) in [7, 11) is 1.74. The van der Waals surface area contributed by atoms with Gasteiger partial charge in [-0.15, -0.1) is 0 Å². The summed E-state index contributed by atoms with van der Waals surface area (Å²) < 4.78 is 26.9. The number of nitrogens with zero attached hydrogens (tertiary/aromatic N) is 1. The van der Waals surface area contributed by atoms with Crippen LogP contribution in [0.5, 0.6) is 0 Å². The van der Waals surface area contributed by atoms with Gasteiger partial charge in [-0.2, -0.15) is 0 Å². The van der Waals surface area contributed by atoms with Crippen LogP contribution in [0.4, 0.5) is 14.6 Å². The molecule has 1 heterocycles. The van der Waals surface area contributed by atoms with Gasteiger partial charge in [0.15, 0.2) is 5.82 Å². The first kappa shape index (κ1) is 12.7. The highest BCUT2D eigenvalue weighted by Crippen LogP contribution is 2.32. The average Bonchev–Trinajstić information content (AvgIpc) is 2.26. The molecule has 1 aromatic carbocycles. The van der Waals surface area contributed by atoms with Crippen LogP contribution in [0.15, 0.2) is 18.2 Å². The van der Waals surface area contributed by atoms with Crippen molar-refractivity contribution in [3.8, 4) is 0 Å². The number of hydrogen-bond acceptors (Lipinski definition) is 2. The molecule has 18 heavy (non-hydrogen) atoms. The van der Waals surface area contributed by atoms with E-state index in [0.717, 1.165) is 11.6 Å². The molecule has 1 aromatic heterocycles. The van der Waals surface area contributed by atoms with E-state index in [9.17, 15) is 8.78 Å². The number of nitrogens with one attached hydrogen (secondary N) is 1. The van der Waals surface area contributed by atoms with Crippen molar-refractivity contribution in [2.45, 2.75) is 26.2 Å². The van der Waals surface area contributed by atoms with Gasteiger partial charge in [-0.1, -0.05) is 20.8 Å². The summed E-state index contributed by atoms with van der Waals surface area (Å²) in [5.74, 6) is -0.596. The first-order valence-corrected chi connectivity index (χ1v) is 5.81. The van der Waals surface area contributed by atoms with Gasteiger partial charge in [0.25, 0.3) is 0 Å². The molecule has 0 amide bonds. The number of halogens is 2. The fourth-order valence-electron chi connectivity index (χ4n) is 1.97. The van der Waals surface area contributed by atoms with Gasteiger partial charge in [0.2, 0.25) is 0 Å². The Hall–Kier alpha value is -1.71. The highest BCUT2D eigenvalue weighted by Gasteiger charge is 2.20. The third kappa shape index (κ3) is 2.15. The van der Waals surface area contributed by atoms with Crippen molar-refractivity contribution < 1.29 is 8.78 Å². The Morgan fingerprint density at radius 1 is 1.11 bits per heavy atom. The standard InChI is InChI=1S/C14H16F2N2/c1-14(2,3)10-6-8-5-9(15)7-11(16)12(8)18-13(10)17-4/h5-7H,1-4H3,(H,17,18). The second-order valence-electron chi connectivity index (χ2n) is 5.34. The average molecular weight is 250 g/mol. The highest BCUT2D eigenvalue weighted by molar-refractivity contribution is 5.82. The molecule has 0 saturated carbocycles. The number of pyridine rings is 1. The Morgan fingerprint density at radius 2 is 1.78 bits per heavy atom. The third-order valence-corrected chi connectivity index (χ3v) is 2.88. The minimum atomic E-state index is -0.637. The first-order chi connectivity index (χ1) is 8.32. The van der Waals surface area contributed by atoms with Crippen LogP contribution in [0.2, 0.25) is 0 Å². The summed E-state index contributed by atoms with van der Waals surface area (Å²) in [4.78, 5) is 4.25. The van der Waals surface area contributed by atoms with Crippen LogP contribution in [0, 0.1) is 11.6 Å². The van der Waals surface area contributed by atoms with Crippen molar-refractivity contribution in [1.82, 2.24) is 4.98 Å². The fraction of sp³-hybridized carbons (Fsp3) is 0.357. The number of aromatic nitrogens is 1. The maximum Gasteiger partial charge on any atom is 0.152 e. The first-order valence-electron chi connectivity index (χ1n) is 5.81. The summed E-state index contributed by atoms with van der Waals surface area (Å²) >= 11 is 0. The number of fused-ring (bicyclic) bond motifs is 1. The molecular weight excluding hydrogens is 234 g/mol. The van der Waals surface area contributed by atoms with Crippen LogP contribution in [-0.2, 0) is 5.41 Å². The molecule has 0 unspecified atom stereocenters. The predicted octanol–water partition coefficient (Wildman–Crippen LogP) is 3.85. The Morgan fingerprint density at radius 3 is 2.33 bits per heavy atom. The lowest BCUT2D eigenvalue weighted by molar-refractivity contribution is 0.583. The quantitative estimate of drug-likeness (QED) is 0.831. The van der Waals surface area contributed by atoms with Gasteiger partial charge in [-0.3, -0.25) is 0 Å². The van der Waals surface area contributed by atoms with E-state index < -0.39 is 11.6 Å². The van der Waals surface area contributed by atoms with Gasteiger partial charge < -0.3 is 5.32 Å². The zero-order chi connectivity index (χ0) is 13.5. The molecule has 0 aliphatic rings. The Bertz CT molecular complexity index is 601. The third-order valence-electron chi connectivity index (χ3n) is 2.88. The molecule has 4 heteroatoms. The molecule has 2 aromatic rings. The van der Waals surface area contributed by atoms with Gasteiger partial charge >= 0.3 is 0 Å². The molecule has 0 aliphatic carbocycles. The summed E-state index contributed by atoms with van der Waals surface area (Å²) in [6.45, 7) is 6.10. The highest BCUT2D eigenvalue weighted by atomic mass is 19.1. The van der Waals surface area contributed by atoms with Crippen LogP contribution < -0.4 is 5.32 Å². The Kier molecular flexibility index (Phi) is 2.97. The molecule has 2 rings (SSSR count). The van der Waals surface area contributed by atoms with Crippen LogP contribution in [0.3, 0.4) is 0 Å². The molecule has 96 valence electrons. The molecule has 0 spiro atoms. The smallest absolute Gasteiger partial charge is 0.152 e. The molecule has 0 atom stereocenters. The zero-order valence-corrected chi connectivity index (χ0v) is 10.9. The minimum absolute atomic E-state index is 0.150. The summed E-state index contributed by atoms with van der Waals surface area (Å²) in [5, 5.41) is 3.45. The number of benzene rings is 1. The summed E-state index contributed by atoms with van der Waals surface area (Å²) in [5.41, 5.74) is 0.971. The van der Waals surface area contributed by atoms with E-state index >= 15 is 0 Å². The number of hydrogen-bond donors (Lipinski definition) is 1. The second-order valence-corrected chi connectivity index (χ2v) is 5.34. The molecule has 2 nitrogen and oxygen atoms in total. The van der Waals surface area contributed by atoms with Gasteiger partial charge in [0.05, 0.1) is 0 Å². The maximum absolute atomic E-state index is 13.7. The number of rotatable bonds is 1. The van der Waals surface area contributed by atoms with E-state index in [2.05, 4.69) is 10.3 Å². The van der Waals surface area contributed by atoms with Gasteiger partial charge in [-0.25, -0.2) is 13.8 Å². The van der Waals surface area contributed by atoms with Crippen molar-refractivity contribution in [3.05, 3.63) is 35.4 Å². The largest absolute Gasteiger partial charge is 0.373 e. The lowest BCUT2D eigenvalue weighted by Crippen LogP contribution is -2.15. The van der Waals surface area contributed by atoms with Gasteiger partial charge in [-0.05, 0) is 17.5 Å². The molecular formula is C14H16F2N2. The normalized spacial score (nSPS) is 11.9. The Labute approximate surface area is 105 Å². The zero-order valence-electron chi connectivity index (χ0n) is 10.9. The summed E-state index contributed by atoms with van der Waals surface area (Å²) in [6.07, 6.45) is 0. The summed E-state index contributed by atoms with van der Waals surface area (Å²) in [6, 6.07) is 3.95. The molecule has 0 bridgehead atoms. The molecule has 0 aliphatic heterocycles. The van der Waals surface area contributed by atoms with Crippen molar-refractivity contribution in [3.63, 3.8) is 0 Å². The van der Waals surface area contributed by atoms with E-state index in [4.69, 9.17) is 0 Å². The van der Waals surface area contributed by atoms with E-state index in [1.807, 2.05) is 20.8 Å². The van der Waals surface area contributed by atoms with Crippen LogP contribution in [0.1, 0.15) is 26.3 Å². The van der Waals surface area contributed by atoms with Crippen LogP contribution in [-0.4, -0.2) is 12.0 Å². The van der Waals surface area contributed by atoms with Crippen LogP contribution >= 0.6 is 0 Å². The van der Waals surface area contributed by atoms with Crippen molar-refractivity contribution >= 4 is 16.7 Å². The maximum atomic E-state index is 13.7. The van der Waals surface area contributed by atoms with Crippen LogP contribution in [0.25, 0.3) is 10.9 Å². The lowest BCUT2D eigenvalue weighted by atomic mass is 9.86. The van der Waals surface area contributed by atoms with Gasteiger partial charge in [0, 0.05) is 24.1 Å². The van der Waals surface area contributed by atoms with E-state index in [1.165, 1.54) is 6.07 Å². The Balaban J connectivity index is 2.81. The molecule has 0 radical (unpaired) electrons. The second kappa shape index (κ2) is 4.19. The minimum Gasteiger partial charge on any atom is -0.373 e. The topological polar surface area (TPSA) is 24.9 Å². The van der Waals surface area contributed by atoms with E-state index in [1.54, 1.807) is 13.1 Å². The SMILES string of the molecule is CNc1nc2c(F)cc(F)cc2cc1C(C)(C)C. The van der Waals surface area contributed by atoms with Gasteiger partial charge in [0.1, 0.15) is 17.2 Å². The molecule has 0 saturated heterocycles. The molecule has 0 fully saturated rings. The van der Waals surface area contributed by atoms with E-state index in [0.29, 0.717) is 11.2 Å². The van der Waals surface area contributed by atoms with E-state index in [-0.39, 0.29) is 10.9 Å². The lowest BCUT2D eigenvalue weighted by Gasteiger charge is -2.22. The number of anilines is 1. The monoisotopic (exact) mass is 250 g/mol. The van der Waals surface area contributed by atoms with Crippen molar-refractivity contribution in [2.75, 3.05) is 12.4 Å². The fourth-order valence-corrected chi connectivity index (χ4v) is 1.97. The van der Waals surface area contributed by atoms with Crippen molar-refractivity contribution in [2.24, 2.45) is 0 Å². The van der Waals surface area contributed by atoms with Crippen molar-refractivity contribution in [1.29, 1.82) is 0 Å².